The van der Waals surface area contributed by atoms with Crippen LogP contribution in [0.4, 0.5) is 5.69 Å². The average Bonchev–Trinajstić information content (AvgIpc) is 3.20. The van der Waals surface area contributed by atoms with Crippen LogP contribution in [0.1, 0.15) is 72.8 Å². The summed E-state index contributed by atoms with van der Waals surface area (Å²) in [6, 6.07) is 8.88. The molecule has 2 heterocycles. The molecule has 3 rings (SSSR count). The van der Waals surface area contributed by atoms with Crippen LogP contribution < -0.4 is 5.32 Å². The number of nitrogens with zero attached hydrogens (tertiary/aromatic N) is 2. The summed E-state index contributed by atoms with van der Waals surface area (Å²) in [7, 11) is 0. The molecule has 2 aromatic rings. The number of benzene rings is 1. The fourth-order valence-corrected chi connectivity index (χ4v) is 5.37. The summed E-state index contributed by atoms with van der Waals surface area (Å²) in [6.07, 6.45) is 7.24. The van der Waals surface area contributed by atoms with Crippen LogP contribution in [0.25, 0.3) is 0 Å². The lowest BCUT2D eigenvalue weighted by Gasteiger charge is -2.41. The van der Waals surface area contributed by atoms with Gasteiger partial charge in [-0.05, 0) is 48.9 Å². The normalized spacial score (nSPS) is 18.1. The van der Waals surface area contributed by atoms with E-state index in [1.165, 1.54) is 60.4 Å². The summed E-state index contributed by atoms with van der Waals surface area (Å²) >= 11 is 1.86. The molecule has 1 aliphatic heterocycles. The van der Waals surface area contributed by atoms with Gasteiger partial charge in [0.15, 0.2) is 0 Å². The average molecular weight is 466 g/mol. The Morgan fingerprint density at radius 1 is 1.23 bits per heavy atom. The number of carbonyl (C=O) groups is 1. The van der Waals surface area contributed by atoms with Crippen molar-refractivity contribution >= 4 is 35.3 Å². The van der Waals surface area contributed by atoms with Crippen LogP contribution in [-0.2, 0) is 6.42 Å². The molecule has 0 fully saturated rings. The third-order valence-electron chi connectivity index (χ3n) is 5.89. The Labute approximate surface area is 194 Å². The summed E-state index contributed by atoms with van der Waals surface area (Å²) in [5, 5.41) is 16.0. The van der Waals surface area contributed by atoms with Crippen LogP contribution in [-0.4, -0.2) is 34.9 Å². The van der Waals surface area contributed by atoms with Gasteiger partial charge in [-0.1, -0.05) is 32.6 Å². The maximum absolute atomic E-state index is 12.4. The molecule has 2 unspecified atom stereocenters. The van der Waals surface area contributed by atoms with Crippen molar-refractivity contribution in [3.05, 3.63) is 61.8 Å². The van der Waals surface area contributed by atoms with Crippen LogP contribution in [0.2, 0.25) is 0 Å². The van der Waals surface area contributed by atoms with E-state index >= 15 is 0 Å². The molecule has 1 N–H and O–H groups in total. The van der Waals surface area contributed by atoms with Crippen molar-refractivity contribution in [2.75, 3.05) is 13.1 Å². The number of rotatable bonds is 10. The fraction of sp³-hybridized carbons (Fsp3) is 0.522. The molecule has 31 heavy (non-hydrogen) atoms. The van der Waals surface area contributed by atoms with Gasteiger partial charge in [0.2, 0.25) is 0 Å². The molecule has 0 bridgehead atoms. The predicted molar refractivity (Wildman–Crippen MR) is 128 cm³/mol. The first kappa shape index (κ1) is 25.3. The second-order valence-corrected chi connectivity index (χ2v) is 8.97. The topological polar surface area (TPSA) is 75.5 Å². The first-order valence-electron chi connectivity index (χ1n) is 10.9. The van der Waals surface area contributed by atoms with Gasteiger partial charge in [0, 0.05) is 47.7 Å². The van der Waals surface area contributed by atoms with E-state index < -0.39 is 4.92 Å². The number of unbranched alkanes of at least 4 members (excludes halogenated alkanes) is 3. The van der Waals surface area contributed by atoms with Crippen LogP contribution in [0.15, 0.2) is 35.7 Å². The smallest absolute Gasteiger partial charge is 0.269 e. The lowest BCUT2D eigenvalue weighted by molar-refractivity contribution is -0.384. The number of hydrogen-bond acceptors (Lipinski definition) is 5. The highest BCUT2D eigenvalue weighted by atomic mass is 35.5. The molecule has 2 atom stereocenters. The number of hydrogen-bond donors (Lipinski definition) is 1. The van der Waals surface area contributed by atoms with E-state index in [4.69, 9.17) is 0 Å². The van der Waals surface area contributed by atoms with E-state index in [-0.39, 0.29) is 24.0 Å². The number of thiophene rings is 1. The van der Waals surface area contributed by atoms with Crippen LogP contribution >= 0.6 is 23.7 Å². The minimum atomic E-state index is -0.459. The zero-order valence-corrected chi connectivity index (χ0v) is 19.8. The number of non-ortho nitro benzene ring substituents is 1. The van der Waals surface area contributed by atoms with Gasteiger partial charge in [-0.2, -0.15) is 0 Å². The first-order valence-corrected chi connectivity index (χ1v) is 11.7. The van der Waals surface area contributed by atoms with Gasteiger partial charge in [-0.15, -0.1) is 23.7 Å². The van der Waals surface area contributed by atoms with Crippen LogP contribution in [0, 0.1) is 10.1 Å². The van der Waals surface area contributed by atoms with Crippen molar-refractivity contribution in [1.29, 1.82) is 0 Å². The van der Waals surface area contributed by atoms with Gasteiger partial charge in [0.1, 0.15) is 0 Å². The summed E-state index contributed by atoms with van der Waals surface area (Å²) in [4.78, 5) is 26.8. The standard InChI is InChI=1S/C23H31N3O3S.ClH/c1-3-4-5-6-7-21-22-19(12-15-30-22)16-17(2)25(21)14-13-24-23(27)18-8-10-20(11-9-18)26(28)29;/h8-12,15,17,21H,3-7,13-14,16H2,1-2H3,(H,24,27);1H. The maximum atomic E-state index is 12.4. The molecule has 1 aromatic heterocycles. The van der Waals surface area contributed by atoms with Crippen molar-refractivity contribution in [2.24, 2.45) is 0 Å². The number of carbonyl (C=O) groups excluding carboxylic acids is 1. The Morgan fingerprint density at radius 2 is 1.97 bits per heavy atom. The molecule has 0 saturated carbocycles. The van der Waals surface area contributed by atoms with Crippen molar-refractivity contribution in [1.82, 2.24) is 10.2 Å². The Hall–Kier alpha value is -1.96. The van der Waals surface area contributed by atoms with Gasteiger partial charge < -0.3 is 5.32 Å². The second kappa shape index (κ2) is 12.2. The molecule has 8 heteroatoms. The molecule has 0 spiro atoms. The van der Waals surface area contributed by atoms with E-state index in [0.29, 0.717) is 24.2 Å². The highest BCUT2D eigenvalue weighted by Gasteiger charge is 2.32. The zero-order valence-electron chi connectivity index (χ0n) is 18.2. The Morgan fingerprint density at radius 3 is 2.65 bits per heavy atom. The molecule has 170 valence electrons. The summed E-state index contributed by atoms with van der Waals surface area (Å²) in [5.74, 6) is -0.189. The van der Waals surface area contributed by atoms with Crippen LogP contribution in [0.5, 0.6) is 0 Å². The molecule has 6 nitrogen and oxygen atoms in total. The highest BCUT2D eigenvalue weighted by molar-refractivity contribution is 7.10. The summed E-state index contributed by atoms with van der Waals surface area (Å²) < 4.78 is 0. The van der Waals surface area contributed by atoms with Gasteiger partial charge in [0.05, 0.1) is 4.92 Å². The lowest BCUT2D eigenvalue weighted by Crippen LogP contribution is -2.45. The van der Waals surface area contributed by atoms with Crippen LogP contribution in [0.3, 0.4) is 0 Å². The van der Waals surface area contributed by atoms with E-state index in [1.54, 1.807) is 0 Å². The third kappa shape index (κ3) is 6.51. The molecule has 0 aliphatic carbocycles. The van der Waals surface area contributed by atoms with E-state index in [0.717, 1.165) is 19.4 Å². The second-order valence-electron chi connectivity index (χ2n) is 8.03. The molecule has 1 aromatic carbocycles. The molecular weight excluding hydrogens is 434 g/mol. The van der Waals surface area contributed by atoms with E-state index in [1.807, 2.05) is 11.3 Å². The Bertz CT molecular complexity index is 856. The number of nitrogens with one attached hydrogen (secondary N) is 1. The predicted octanol–water partition coefficient (Wildman–Crippen LogP) is 5.77. The highest BCUT2D eigenvalue weighted by Crippen LogP contribution is 2.39. The zero-order chi connectivity index (χ0) is 21.5. The molecular formula is C23H32ClN3O3S. The largest absolute Gasteiger partial charge is 0.351 e. The Balaban J connectivity index is 0.00000341. The van der Waals surface area contributed by atoms with Crippen molar-refractivity contribution in [2.45, 2.75) is 64.5 Å². The van der Waals surface area contributed by atoms with Crippen molar-refractivity contribution in [3.8, 4) is 0 Å². The molecule has 1 aliphatic rings. The van der Waals surface area contributed by atoms with Gasteiger partial charge in [0.25, 0.3) is 11.6 Å². The van der Waals surface area contributed by atoms with Gasteiger partial charge in [-0.3, -0.25) is 19.8 Å². The number of nitro benzene ring substituents is 1. The van der Waals surface area contributed by atoms with Gasteiger partial charge in [-0.25, -0.2) is 0 Å². The summed E-state index contributed by atoms with van der Waals surface area (Å²) in [5.41, 5.74) is 1.93. The SMILES string of the molecule is CCCCCCC1c2sccc2CC(C)N1CCNC(=O)c1ccc([N+](=O)[O-])cc1.Cl. The third-order valence-corrected chi connectivity index (χ3v) is 6.95. The number of nitro groups is 1. The molecule has 0 radical (unpaired) electrons. The van der Waals surface area contributed by atoms with E-state index in [2.05, 4.69) is 35.5 Å². The van der Waals surface area contributed by atoms with Crippen molar-refractivity contribution in [3.63, 3.8) is 0 Å². The minimum Gasteiger partial charge on any atom is -0.351 e. The van der Waals surface area contributed by atoms with E-state index in [9.17, 15) is 14.9 Å². The quantitative estimate of drug-likeness (QED) is 0.274. The maximum Gasteiger partial charge on any atom is 0.269 e. The molecule has 1 amide bonds. The first-order chi connectivity index (χ1) is 14.5. The minimum absolute atomic E-state index is 0. The molecule has 0 saturated heterocycles. The van der Waals surface area contributed by atoms with Gasteiger partial charge >= 0.3 is 0 Å². The van der Waals surface area contributed by atoms with Crippen molar-refractivity contribution < 1.29 is 9.72 Å². The number of fused-ring (bicyclic) bond motifs is 1. The Kier molecular flexibility index (Phi) is 9.93. The number of amides is 1. The lowest BCUT2D eigenvalue weighted by atomic mass is 9.92. The fourth-order valence-electron chi connectivity index (χ4n) is 4.27. The summed E-state index contributed by atoms with van der Waals surface area (Å²) in [6.45, 7) is 5.87. The number of halogens is 1. The monoisotopic (exact) mass is 465 g/mol.